The van der Waals surface area contributed by atoms with Gasteiger partial charge in [-0.2, -0.15) is 0 Å². The molecule has 0 amide bonds. The minimum absolute atomic E-state index is 0.826. The van der Waals surface area contributed by atoms with E-state index in [0.717, 1.165) is 45.9 Å². The van der Waals surface area contributed by atoms with Gasteiger partial charge in [-0.3, -0.25) is 4.90 Å². The summed E-state index contributed by atoms with van der Waals surface area (Å²) in [5.74, 6) is 0. The molecule has 2 radical (unpaired) electrons. The maximum atomic E-state index is 5.47. The van der Waals surface area contributed by atoms with Crippen LogP contribution < -0.4 is 9.80 Å². The first-order valence-electron chi connectivity index (χ1n) is 10.2. The Morgan fingerprint density at radius 3 is 2.27 bits per heavy atom. The molecule has 0 atom stereocenters. The number of ether oxygens (including phenoxy) is 1. The molecule has 3 aromatic carbocycles. The number of halogens is 1. The normalized spacial score (nSPS) is 16.4. The molecule has 0 N–H and O–H groups in total. The van der Waals surface area contributed by atoms with E-state index in [9.17, 15) is 0 Å². The van der Waals surface area contributed by atoms with E-state index in [2.05, 4.69) is 117 Å². The molecule has 3 aromatic rings. The van der Waals surface area contributed by atoms with Gasteiger partial charge in [-0.25, -0.2) is 0 Å². The van der Waals surface area contributed by atoms with E-state index in [1.807, 2.05) is 0 Å². The van der Waals surface area contributed by atoms with Crippen molar-refractivity contribution >= 4 is 31.3 Å². The molecule has 0 saturated carbocycles. The first-order valence-corrected chi connectivity index (χ1v) is 12.1. The summed E-state index contributed by atoms with van der Waals surface area (Å²) in [4.78, 5) is 7.01. The summed E-state index contributed by atoms with van der Waals surface area (Å²) in [7, 11) is 4.45. The van der Waals surface area contributed by atoms with Crippen LogP contribution in [0.2, 0.25) is 0 Å². The van der Waals surface area contributed by atoms with Crippen LogP contribution in [0.15, 0.2) is 66.7 Å². The number of rotatable bonds is 5. The Kier molecular flexibility index (Phi) is 7.72. The third kappa shape index (κ3) is 4.86. The fourth-order valence-corrected chi connectivity index (χ4v) is 4.13. The fourth-order valence-electron chi connectivity index (χ4n) is 4.13. The van der Waals surface area contributed by atoms with Gasteiger partial charge in [0.15, 0.2) is 0 Å². The predicted molar refractivity (Wildman–Crippen MR) is 120 cm³/mol. The molecule has 2 heterocycles. The van der Waals surface area contributed by atoms with Crippen LogP contribution in [0.5, 0.6) is 0 Å². The van der Waals surface area contributed by atoms with Gasteiger partial charge in [0, 0.05) is 32.7 Å². The van der Waals surface area contributed by atoms with Gasteiger partial charge in [0.25, 0.3) is 0 Å². The summed E-state index contributed by atoms with van der Waals surface area (Å²) >= 11 is 2.42. The molecule has 1 fully saturated rings. The Bertz CT molecular complexity index is 959. The SMILES string of the molecule is [C]1N(CCN2CCOCC2)c2ccccc2N1Cc1cccc2ccccc12.[Cl][Ag]. The second-order valence-corrected chi connectivity index (χ2v) is 7.42. The van der Waals surface area contributed by atoms with Crippen molar-refractivity contribution in [2.45, 2.75) is 6.54 Å². The summed E-state index contributed by atoms with van der Waals surface area (Å²) in [6.45, 7) is 10.2. The van der Waals surface area contributed by atoms with Crippen LogP contribution in [0.1, 0.15) is 5.56 Å². The second kappa shape index (κ2) is 10.7. The van der Waals surface area contributed by atoms with E-state index < -0.39 is 0 Å². The van der Waals surface area contributed by atoms with Crippen molar-refractivity contribution in [3.8, 4) is 0 Å². The zero-order chi connectivity index (χ0) is 20.8. The van der Waals surface area contributed by atoms with E-state index in [1.54, 1.807) is 0 Å². The summed E-state index contributed by atoms with van der Waals surface area (Å²) < 4.78 is 5.47. The topological polar surface area (TPSA) is 19.0 Å². The number of hydrogen-bond acceptors (Lipinski definition) is 4. The van der Waals surface area contributed by atoms with E-state index in [-0.39, 0.29) is 0 Å². The second-order valence-electron chi connectivity index (χ2n) is 7.42. The molecular weight excluding hydrogens is 490 g/mol. The Balaban J connectivity index is 0.00000106. The number of anilines is 2. The van der Waals surface area contributed by atoms with E-state index in [0.29, 0.717) is 0 Å². The summed E-state index contributed by atoms with van der Waals surface area (Å²) in [6.07, 6.45) is 0. The molecule has 0 spiro atoms. The molecule has 0 aromatic heterocycles. The quantitative estimate of drug-likeness (QED) is 0.460. The fraction of sp³-hybridized carbons (Fsp3) is 0.292. The number of benzene rings is 3. The molecule has 0 bridgehead atoms. The molecule has 2 aliphatic rings. The Labute approximate surface area is 195 Å². The monoisotopic (exact) mass is 513 g/mol. The van der Waals surface area contributed by atoms with Crippen LogP contribution in [-0.4, -0.2) is 44.3 Å². The summed E-state index contributed by atoms with van der Waals surface area (Å²) in [6, 6.07) is 23.8. The van der Waals surface area contributed by atoms with Gasteiger partial charge in [0.1, 0.15) is 0 Å². The Morgan fingerprint density at radius 2 is 1.47 bits per heavy atom. The molecule has 0 unspecified atom stereocenters. The average Bonchev–Trinajstić information content (AvgIpc) is 3.17. The van der Waals surface area contributed by atoms with E-state index >= 15 is 0 Å². The van der Waals surface area contributed by atoms with Crippen LogP contribution in [-0.2, 0) is 31.3 Å². The van der Waals surface area contributed by atoms with Crippen LogP contribution in [0.4, 0.5) is 11.4 Å². The van der Waals surface area contributed by atoms with Crippen LogP contribution in [0.25, 0.3) is 10.8 Å². The number of nitrogens with zero attached hydrogens (tertiary/aromatic N) is 3. The number of morpholine rings is 1. The molecule has 30 heavy (non-hydrogen) atoms. The van der Waals surface area contributed by atoms with Gasteiger partial charge >= 0.3 is 29.2 Å². The average molecular weight is 515 g/mol. The van der Waals surface area contributed by atoms with Gasteiger partial charge in [-0.1, -0.05) is 54.6 Å². The zero-order valence-electron chi connectivity index (χ0n) is 16.7. The van der Waals surface area contributed by atoms with Crippen molar-refractivity contribution in [1.82, 2.24) is 4.90 Å². The molecule has 0 aliphatic carbocycles. The van der Waals surface area contributed by atoms with Gasteiger partial charge in [0.05, 0.1) is 24.6 Å². The van der Waals surface area contributed by atoms with Crippen molar-refractivity contribution in [2.75, 3.05) is 49.2 Å². The van der Waals surface area contributed by atoms with Gasteiger partial charge in [-0.15, -0.1) is 0 Å². The molecular formula is C24H25AgClN3O. The first-order chi connectivity index (χ1) is 14.9. The van der Waals surface area contributed by atoms with Crippen molar-refractivity contribution in [3.63, 3.8) is 0 Å². The van der Waals surface area contributed by atoms with Gasteiger partial charge in [-0.05, 0) is 28.5 Å². The van der Waals surface area contributed by atoms with Crippen LogP contribution in [0, 0.1) is 6.67 Å². The molecule has 5 rings (SSSR count). The van der Waals surface area contributed by atoms with Crippen LogP contribution >= 0.6 is 9.19 Å². The van der Waals surface area contributed by atoms with E-state index in [1.165, 1.54) is 27.7 Å². The molecule has 1 saturated heterocycles. The van der Waals surface area contributed by atoms with Crippen LogP contribution in [0.3, 0.4) is 0 Å². The van der Waals surface area contributed by atoms with Crippen molar-refractivity contribution in [2.24, 2.45) is 0 Å². The van der Waals surface area contributed by atoms with E-state index in [4.69, 9.17) is 4.74 Å². The summed E-state index contributed by atoms with van der Waals surface area (Å²) in [5, 5.41) is 2.60. The molecule has 6 heteroatoms. The maximum absolute atomic E-state index is 5.47. The van der Waals surface area contributed by atoms with Crippen molar-refractivity contribution in [1.29, 1.82) is 0 Å². The zero-order valence-corrected chi connectivity index (χ0v) is 19.0. The number of para-hydroxylation sites is 2. The third-order valence-electron chi connectivity index (χ3n) is 5.66. The first kappa shape index (κ1) is 21.7. The summed E-state index contributed by atoms with van der Waals surface area (Å²) in [5.41, 5.74) is 3.81. The molecule has 2 aliphatic heterocycles. The Hall–Kier alpha value is -1.53. The molecule has 160 valence electrons. The van der Waals surface area contributed by atoms with Gasteiger partial charge < -0.3 is 14.5 Å². The predicted octanol–water partition coefficient (Wildman–Crippen LogP) is 4.68. The number of hydrogen-bond donors (Lipinski definition) is 0. The van der Waals surface area contributed by atoms with Crippen molar-refractivity contribution in [3.05, 3.63) is 79.0 Å². The standard InChI is InChI=1S/C24H25N3O.Ag.ClH/c1-2-9-22-20(6-1)7-5-8-21(22)18-27-19-26(23-10-3-4-11-24(23)27)13-12-25-14-16-28-17-15-25;;/h1-11H,12-18H2;;1H/q;+1;/p-1. The minimum atomic E-state index is 0.826. The van der Waals surface area contributed by atoms with Gasteiger partial charge in [0.2, 0.25) is 6.67 Å². The third-order valence-corrected chi connectivity index (χ3v) is 5.66. The molecule has 4 nitrogen and oxygen atoms in total. The van der Waals surface area contributed by atoms with Crippen molar-refractivity contribution < 1.29 is 24.7 Å². The number of fused-ring (bicyclic) bond motifs is 2. The Morgan fingerprint density at radius 1 is 0.800 bits per heavy atom.